The molecule has 0 aliphatic carbocycles. The fourth-order valence-corrected chi connectivity index (χ4v) is 2.27. The fraction of sp³-hybridized carbons (Fsp3) is 0.455. The fourth-order valence-electron chi connectivity index (χ4n) is 1.43. The molecular formula is C11H15N5O2S. The predicted molar refractivity (Wildman–Crippen MR) is 69.4 cm³/mol. The van der Waals surface area contributed by atoms with Crippen molar-refractivity contribution >= 4 is 11.8 Å². The highest BCUT2D eigenvalue weighted by atomic mass is 32.2. The molecule has 7 nitrogen and oxygen atoms in total. The third-order valence-electron chi connectivity index (χ3n) is 2.46. The van der Waals surface area contributed by atoms with Gasteiger partial charge in [0, 0.05) is 32.4 Å². The molecular weight excluding hydrogens is 266 g/mol. The Labute approximate surface area is 115 Å². The second kappa shape index (κ2) is 7.17. The van der Waals surface area contributed by atoms with E-state index in [9.17, 15) is 0 Å². The van der Waals surface area contributed by atoms with E-state index >= 15 is 0 Å². The van der Waals surface area contributed by atoms with Gasteiger partial charge in [-0.15, -0.1) is 5.10 Å². The van der Waals surface area contributed by atoms with Gasteiger partial charge in [0.25, 0.3) is 0 Å². The Morgan fingerprint density at radius 2 is 2.00 bits per heavy atom. The molecule has 0 fully saturated rings. The summed E-state index contributed by atoms with van der Waals surface area (Å²) in [5.41, 5.74) is 1.17. The Morgan fingerprint density at radius 3 is 2.68 bits per heavy atom. The number of aromatic nitrogens is 5. The first kappa shape index (κ1) is 13.9. The number of ether oxygens (including phenoxy) is 2. The minimum Gasteiger partial charge on any atom is -0.354 e. The Hall–Kier alpha value is -1.51. The molecule has 0 unspecified atom stereocenters. The number of hydrogen-bond donors (Lipinski definition) is 0. The quantitative estimate of drug-likeness (QED) is 0.553. The average Bonchev–Trinajstić information content (AvgIpc) is 2.91. The second-order valence-corrected chi connectivity index (χ2v) is 4.63. The summed E-state index contributed by atoms with van der Waals surface area (Å²) in [7, 11) is 3.17. The molecule has 0 radical (unpaired) electrons. The highest BCUT2D eigenvalue weighted by Crippen LogP contribution is 2.19. The zero-order chi connectivity index (χ0) is 13.5. The molecule has 2 heterocycles. The van der Waals surface area contributed by atoms with Crippen LogP contribution in [0.4, 0.5) is 0 Å². The summed E-state index contributed by atoms with van der Waals surface area (Å²) in [6, 6.07) is 3.93. The van der Waals surface area contributed by atoms with Crippen molar-refractivity contribution in [3.05, 3.63) is 30.1 Å². The summed E-state index contributed by atoms with van der Waals surface area (Å²) in [4.78, 5) is 3.98. The van der Waals surface area contributed by atoms with Gasteiger partial charge in [-0.25, -0.2) is 4.68 Å². The summed E-state index contributed by atoms with van der Waals surface area (Å²) in [5, 5.41) is 12.3. The number of hydrogen-bond acceptors (Lipinski definition) is 7. The van der Waals surface area contributed by atoms with Crippen LogP contribution in [-0.4, -0.2) is 45.7 Å². The van der Waals surface area contributed by atoms with Gasteiger partial charge in [0.1, 0.15) is 0 Å². The molecule has 2 aromatic rings. The molecule has 2 rings (SSSR count). The maximum atomic E-state index is 5.13. The minimum atomic E-state index is -0.358. The van der Waals surface area contributed by atoms with Crippen molar-refractivity contribution in [1.29, 1.82) is 0 Å². The van der Waals surface area contributed by atoms with Crippen LogP contribution in [0.1, 0.15) is 5.56 Å². The average molecular weight is 281 g/mol. The Bertz CT molecular complexity index is 489. The van der Waals surface area contributed by atoms with Gasteiger partial charge >= 0.3 is 0 Å². The molecule has 0 spiro atoms. The standard InChI is InChI=1S/C11H15N5O2S/c1-17-10(18-2)7-16-11(13-14-15-16)19-8-9-3-5-12-6-4-9/h3-6,10H,7-8H2,1-2H3. The second-order valence-electron chi connectivity index (χ2n) is 3.69. The largest absolute Gasteiger partial charge is 0.354 e. The summed E-state index contributed by atoms with van der Waals surface area (Å²) in [6.45, 7) is 0.457. The highest BCUT2D eigenvalue weighted by molar-refractivity contribution is 7.98. The molecule has 0 atom stereocenters. The number of methoxy groups -OCH3 is 2. The van der Waals surface area contributed by atoms with Crippen molar-refractivity contribution in [3.63, 3.8) is 0 Å². The van der Waals surface area contributed by atoms with Gasteiger partial charge in [-0.3, -0.25) is 4.98 Å². The maximum absolute atomic E-state index is 5.13. The van der Waals surface area contributed by atoms with E-state index in [0.717, 1.165) is 10.9 Å². The summed E-state index contributed by atoms with van der Waals surface area (Å²) in [6.07, 6.45) is 3.18. The molecule has 0 saturated carbocycles. The highest BCUT2D eigenvalue weighted by Gasteiger charge is 2.12. The van der Waals surface area contributed by atoms with Gasteiger partial charge in [0.05, 0.1) is 6.54 Å². The molecule has 0 N–H and O–H groups in total. The van der Waals surface area contributed by atoms with Gasteiger partial charge in [-0.2, -0.15) is 0 Å². The van der Waals surface area contributed by atoms with E-state index in [1.165, 1.54) is 5.56 Å². The maximum Gasteiger partial charge on any atom is 0.209 e. The van der Waals surface area contributed by atoms with Crippen molar-refractivity contribution in [2.45, 2.75) is 23.7 Å². The number of nitrogens with zero attached hydrogens (tertiary/aromatic N) is 5. The minimum absolute atomic E-state index is 0.358. The smallest absolute Gasteiger partial charge is 0.209 e. The van der Waals surface area contributed by atoms with E-state index in [4.69, 9.17) is 9.47 Å². The van der Waals surface area contributed by atoms with Crippen molar-refractivity contribution < 1.29 is 9.47 Å². The number of thioether (sulfide) groups is 1. The monoisotopic (exact) mass is 281 g/mol. The predicted octanol–water partition coefficient (Wildman–Crippen LogP) is 0.979. The molecule has 102 valence electrons. The molecule has 8 heteroatoms. The first-order chi connectivity index (χ1) is 9.33. The third-order valence-corrected chi connectivity index (χ3v) is 3.49. The van der Waals surface area contributed by atoms with E-state index in [-0.39, 0.29) is 6.29 Å². The lowest BCUT2D eigenvalue weighted by Crippen LogP contribution is -2.21. The van der Waals surface area contributed by atoms with Crippen LogP contribution in [-0.2, 0) is 21.8 Å². The summed E-state index contributed by atoms with van der Waals surface area (Å²) < 4.78 is 11.9. The van der Waals surface area contributed by atoms with Crippen LogP contribution in [0.5, 0.6) is 0 Å². The zero-order valence-electron chi connectivity index (χ0n) is 10.8. The molecule has 19 heavy (non-hydrogen) atoms. The number of tetrazole rings is 1. The number of rotatable bonds is 7. The van der Waals surface area contributed by atoms with Gasteiger partial charge in [0.2, 0.25) is 5.16 Å². The molecule has 0 aromatic carbocycles. The van der Waals surface area contributed by atoms with Crippen LogP contribution < -0.4 is 0 Å². The van der Waals surface area contributed by atoms with Crippen LogP contribution >= 0.6 is 11.8 Å². The molecule has 0 aliphatic heterocycles. The molecule has 2 aromatic heterocycles. The van der Waals surface area contributed by atoms with Crippen molar-refractivity contribution in [2.75, 3.05) is 14.2 Å². The Balaban J connectivity index is 1.96. The van der Waals surface area contributed by atoms with Crippen molar-refractivity contribution in [3.8, 4) is 0 Å². The van der Waals surface area contributed by atoms with Crippen molar-refractivity contribution in [2.24, 2.45) is 0 Å². The van der Waals surface area contributed by atoms with Crippen molar-refractivity contribution in [1.82, 2.24) is 25.2 Å². The van der Waals surface area contributed by atoms with Crippen LogP contribution in [0.3, 0.4) is 0 Å². The topological polar surface area (TPSA) is 75.0 Å². The lowest BCUT2D eigenvalue weighted by Gasteiger charge is -2.13. The lowest BCUT2D eigenvalue weighted by atomic mass is 10.3. The van der Waals surface area contributed by atoms with Gasteiger partial charge in [-0.05, 0) is 28.1 Å². The van der Waals surface area contributed by atoms with Gasteiger partial charge in [0.15, 0.2) is 6.29 Å². The SMILES string of the molecule is COC(Cn1nnnc1SCc1ccncc1)OC. The van der Waals surface area contributed by atoms with E-state index in [0.29, 0.717) is 6.54 Å². The molecule has 0 saturated heterocycles. The molecule has 0 amide bonds. The molecule has 0 aliphatic rings. The Kier molecular flexibility index (Phi) is 5.25. The number of pyridine rings is 1. The normalized spacial score (nSPS) is 11.1. The van der Waals surface area contributed by atoms with Crippen LogP contribution in [0.2, 0.25) is 0 Å². The van der Waals surface area contributed by atoms with Crippen LogP contribution in [0.15, 0.2) is 29.7 Å². The first-order valence-corrected chi connectivity index (χ1v) is 6.65. The Morgan fingerprint density at radius 1 is 1.26 bits per heavy atom. The van der Waals surface area contributed by atoms with Gasteiger partial charge < -0.3 is 9.47 Å². The van der Waals surface area contributed by atoms with Gasteiger partial charge in [-0.1, -0.05) is 11.8 Å². The van der Waals surface area contributed by atoms with E-state index in [1.54, 1.807) is 43.1 Å². The lowest BCUT2D eigenvalue weighted by molar-refractivity contribution is -0.113. The summed E-state index contributed by atoms with van der Waals surface area (Å²) >= 11 is 1.56. The van der Waals surface area contributed by atoms with E-state index in [1.807, 2.05) is 12.1 Å². The van der Waals surface area contributed by atoms with Crippen LogP contribution in [0.25, 0.3) is 0 Å². The molecule has 0 bridgehead atoms. The zero-order valence-corrected chi connectivity index (χ0v) is 11.6. The third kappa shape index (κ3) is 3.98. The summed E-state index contributed by atoms with van der Waals surface area (Å²) in [5.74, 6) is 0.785. The van der Waals surface area contributed by atoms with E-state index < -0.39 is 0 Å². The van der Waals surface area contributed by atoms with E-state index in [2.05, 4.69) is 20.5 Å². The first-order valence-electron chi connectivity index (χ1n) is 5.67. The van der Waals surface area contributed by atoms with Crippen LogP contribution in [0, 0.1) is 0 Å².